The van der Waals surface area contributed by atoms with Crippen LogP contribution in [0.5, 0.6) is 0 Å². The van der Waals surface area contributed by atoms with Crippen LogP contribution in [0.3, 0.4) is 0 Å². The van der Waals surface area contributed by atoms with E-state index in [1.807, 2.05) is 0 Å². The Bertz CT molecular complexity index is 556. The maximum atomic E-state index is 5.81. The summed E-state index contributed by atoms with van der Waals surface area (Å²) in [5, 5.41) is 1.24. The van der Waals surface area contributed by atoms with Crippen molar-refractivity contribution < 1.29 is 0 Å². The first kappa shape index (κ1) is 12.1. The first-order valence-electron chi connectivity index (χ1n) is 6.03. The summed E-state index contributed by atoms with van der Waals surface area (Å²) in [7, 11) is 0. The molecule has 0 amide bonds. The molecule has 0 unspecified atom stereocenters. The Labute approximate surface area is 103 Å². The van der Waals surface area contributed by atoms with Gasteiger partial charge in [0.05, 0.1) is 5.52 Å². The van der Waals surface area contributed by atoms with E-state index in [4.69, 9.17) is 10.7 Å². The normalized spacial score (nSPS) is 12.1. The summed E-state index contributed by atoms with van der Waals surface area (Å²) in [4.78, 5) is 4.80. The van der Waals surface area contributed by atoms with Crippen LogP contribution in [-0.2, 0) is 5.41 Å². The lowest BCUT2D eigenvalue weighted by atomic mass is 9.88. The quantitative estimate of drug-likeness (QED) is 0.858. The van der Waals surface area contributed by atoms with Gasteiger partial charge in [-0.2, -0.15) is 0 Å². The molecule has 90 valence electrons. The summed E-state index contributed by atoms with van der Waals surface area (Å²) in [5.74, 6) is 0. The average molecular weight is 228 g/mol. The third-order valence-corrected chi connectivity index (χ3v) is 3.48. The maximum Gasteiger partial charge on any atom is 0.0737 e. The molecule has 0 atom stereocenters. The molecule has 0 aliphatic rings. The summed E-state index contributed by atoms with van der Waals surface area (Å²) in [5.41, 5.74) is 10.4. The monoisotopic (exact) mass is 228 g/mol. The molecule has 1 heterocycles. The molecule has 0 aliphatic heterocycles. The van der Waals surface area contributed by atoms with Crippen molar-refractivity contribution in [3.05, 3.63) is 41.1 Å². The van der Waals surface area contributed by atoms with Gasteiger partial charge in [-0.05, 0) is 31.0 Å². The number of pyridine rings is 1. The van der Waals surface area contributed by atoms with Gasteiger partial charge in [0.25, 0.3) is 0 Å². The fourth-order valence-corrected chi connectivity index (χ4v) is 1.98. The zero-order chi connectivity index (χ0) is 12.6. The SMILES string of the molecule is Cc1ccc(C)c2nc(C(C)(C)CN)ccc12. The van der Waals surface area contributed by atoms with E-state index in [0.717, 1.165) is 11.2 Å². The van der Waals surface area contributed by atoms with E-state index in [9.17, 15) is 0 Å². The highest BCUT2D eigenvalue weighted by atomic mass is 14.7. The van der Waals surface area contributed by atoms with Crippen molar-refractivity contribution in [1.29, 1.82) is 0 Å². The van der Waals surface area contributed by atoms with Gasteiger partial charge in [-0.15, -0.1) is 0 Å². The molecule has 17 heavy (non-hydrogen) atoms. The van der Waals surface area contributed by atoms with Crippen LogP contribution < -0.4 is 5.73 Å². The highest BCUT2D eigenvalue weighted by Gasteiger charge is 2.20. The minimum Gasteiger partial charge on any atom is -0.330 e. The van der Waals surface area contributed by atoms with Crippen molar-refractivity contribution in [1.82, 2.24) is 4.98 Å². The molecular formula is C15H20N2. The molecule has 0 bridgehead atoms. The fourth-order valence-electron chi connectivity index (χ4n) is 1.98. The van der Waals surface area contributed by atoms with Crippen LogP contribution in [0.4, 0.5) is 0 Å². The summed E-state index contributed by atoms with van der Waals surface area (Å²) >= 11 is 0. The molecule has 0 radical (unpaired) electrons. The molecule has 1 aromatic heterocycles. The van der Waals surface area contributed by atoms with E-state index >= 15 is 0 Å². The molecule has 2 rings (SSSR count). The zero-order valence-corrected chi connectivity index (χ0v) is 11.0. The molecular weight excluding hydrogens is 208 g/mol. The molecule has 0 saturated heterocycles. The Balaban J connectivity index is 2.70. The van der Waals surface area contributed by atoms with Crippen molar-refractivity contribution in [2.75, 3.05) is 6.54 Å². The summed E-state index contributed by atoms with van der Waals surface area (Å²) in [6.07, 6.45) is 0. The number of rotatable bonds is 2. The van der Waals surface area contributed by atoms with Gasteiger partial charge in [0.2, 0.25) is 0 Å². The number of aryl methyl sites for hydroxylation is 2. The second kappa shape index (κ2) is 4.11. The van der Waals surface area contributed by atoms with Crippen LogP contribution in [0.1, 0.15) is 30.7 Å². The van der Waals surface area contributed by atoms with Crippen molar-refractivity contribution in [2.24, 2.45) is 5.73 Å². The lowest BCUT2D eigenvalue weighted by molar-refractivity contribution is 0.523. The molecule has 0 spiro atoms. The largest absolute Gasteiger partial charge is 0.330 e. The lowest BCUT2D eigenvalue weighted by Crippen LogP contribution is -2.29. The molecule has 2 heteroatoms. The third-order valence-electron chi connectivity index (χ3n) is 3.48. The molecule has 2 nitrogen and oxygen atoms in total. The van der Waals surface area contributed by atoms with Crippen LogP contribution in [0.25, 0.3) is 10.9 Å². The van der Waals surface area contributed by atoms with Crippen LogP contribution in [0.2, 0.25) is 0 Å². The smallest absolute Gasteiger partial charge is 0.0737 e. The van der Waals surface area contributed by atoms with Crippen molar-refractivity contribution in [2.45, 2.75) is 33.1 Å². The minimum absolute atomic E-state index is 0.0651. The van der Waals surface area contributed by atoms with Crippen LogP contribution in [-0.4, -0.2) is 11.5 Å². The first-order chi connectivity index (χ1) is 7.95. The average Bonchev–Trinajstić information content (AvgIpc) is 2.33. The van der Waals surface area contributed by atoms with E-state index in [2.05, 4.69) is 52.0 Å². The van der Waals surface area contributed by atoms with Crippen molar-refractivity contribution in [3.8, 4) is 0 Å². The summed E-state index contributed by atoms with van der Waals surface area (Å²) in [6.45, 7) is 9.10. The van der Waals surface area contributed by atoms with Gasteiger partial charge in [-0.25, -0.2) is 0 Å². The first-order valence-corrected chi connectivity index (χ1v) is 6.03. The molecule has 0 fully saturated rings. The minimum atomic E-state index is -0.0651. The van der Waals surface area contributed by atoms with E-state index < -0.39 is 0 Å². The second-order valence-corrected chi connectivity index (χ2v) is 5.38. The highest BCUT2D eigenvalue weighted by molar-refractivity contribution is 5.85. The van der Waals surface area contributed by atoms with E-state index in [0.29, 0.717) is 6.54 Å². The number of benzene rings is 1. The third kappa shape index (κ3) is 2.05. The maximum absolute atomic E-state index is 5.81. The Morgan fingerprint density at radius 2 is 1.71 bits per heavy atom. The predicted octanol–water partition coefficient (Wildman–Crippen LogP) is 3.09. The fraction of sp³-hybridized carbons (Fsp3) is 0.400. The number of nitrogens with zero attached hydrogens (tertiary/aromatic N) is 1. The van der Waals surface area contributed by atoms with Gasteiger partial charge in [0.1, 0.15) is 0 Å². The standard InChI is InChI=1S/C15H20N2/c1-10-5-6-11(2)14-12(10)7-8-13(17-14)15(3,4)9-16/h5-8H,9,16H2,1-4H3. The van der Waals surface area contributed by atoms with Gasteiger partial charge >= 0.3 is 0 Å². The number of hydrogen-bond donors (Lipinski definition) is 1. The zero-order valence-electron chi connectivity index (χ0n) is 11.0. The topological polar surface area (TPSA) is 38.9 Å². The predicted molar refractivity (Wildman–Crippen MR) is 73.3 cm³/mol. The van der Waals surface area contributed by atoms with Gasteiger partial charge in [-0.3, -0.25) is 4.98 Å². The Kier molecular flexibility index (Phi) is 2.92. The Morgan fingerprint density at radius 1 is 1.06 bits per heavy atom. The van der Waals surface area contributed by atoms with Crippen molar-refractivity contribution in [3.63, 3.8) is 0 Å². The van der Waals surface area contributed by atoms with E-state index in [1.54, 1.807) is 0 Å². The van der Waals surface area contributed by atoms with Crippen LogP contribution in [0.15, 0.2) is 24.3 Å². The Morgan fingerprint density at radius 3 is 2.35 bits per heavy atom. The van der Waals surface area contributed by atoms with Gasteiger partial charge in [0, 0.05) is 23.0 Å². The summed E-state index contributed by atoms with van der Waals surface area (Å²) < 4.78 is 0. The van der Waals surface area contributed by atoms with Gasteiger partial charge < -0.3 is 5.73 Å². The van der Waals surface area contributed by atoms with Crippen LogP contribution in [0, 0.1) is 13.8 Å². The van der Waals surface area contributed by atoms with E-state index in [1.165, 1.54) is 16.5 Å². The molecule has 2 N–H and O–H groups in total. The van der Waals surface area contributed by atoms with Crippen molar-refractivity contribution >= 4 is 10.9 Å². The highest BCUT2D eigenvalue weighted by Crippen LogP contribution is 2.25. The molecule has 0 aliphatic carbocycles. The number of aromatic nitrogens is 1. The molecule has 1 aromatic carbocycles. The van der Waals surface area contributed by atoms with Gasteiger partial charge in [0.15, 0.2) is 0 Å². The molecule has 2 aromatic rings. The second-order valence-electron chi connectivity index (χ2n) is 5.38. The van der Waals surface area contributed by atoms with E-state index in [-0.39, 0.29) is 5.41 Å². The number of fused-ring (bicyclic) bond motifs is 1. The Hall–Kier alpha value is -1.41. The van der Waals surface area contributed by atoms with Crippen LogP contribution >= 0.6 is 0 Å². The van der Waals surface area contributed by atoms with Gasteiger partial charge in [-0.1, -0.05) is 32.0 Å². The number of hydrogen-bond acceptors (Lipinski definition) is 2. The number of nitrogens with two attached hydrogens (primary N) is 1. The lowest BCUT2D eigenvalue weighted by Gasteiger charge is -2.22. The summed E-state index contributed by atoms with van der Waals surface area (Å²) in [6, 6.07) is 8.54. The molecule has 0 saturated carbocycles.